The lowest BCUT2D eigenvalue weighted by Crippen LogP contribution is -2.43. The first-order valence-electron chi connectivity index (χ1n) is 9.03. The summed E-state index contributed by atoms with van der Waals surface area (Å²) in [6.07, 6.45) is 11.1. The Morgan fingerprint density at radius 2 is 2.04 bits per heavy atom. The van der Waals surface area contributed by atoms with Crippen LogP contribution in [0.2, 0.25) is 0 Å². The van der Waals surface area contributed by atoms with Gasteiger partial charge in [0, 0.05) is 26.7 Å². The maximum Gasteiger partial charge on any atom is 0.337 e. The second kappa shape index (κ2) is 10.0. The van der Waals surface area contributed by atoms with E-state index in [1.165, 1.54) is 13.0 Å². The molecule has 7 nitrogen and oxygen atoms in total. The number of terminal acetylenes is 1. The smallest absolute Gasteiger partial charge is 0.337 e. The van der Waals surface area contributed by atoms with Crippen molar-refractivity contribution in [3.05, 3.63) is 11.8 Å². The molecule has 1 fully saturated rings. The molecule has 1 atom stereocenters. The van der Waals surface area contributed by atoms with E-state index in [1.54, 1.807) is 20.8 Å². The average molecular weight is 380 g/mol. The summed E-state index contributed by atoms with van der Waals surface area (Å²) in [6.45, 7) is 7.31. The third-order valence-electron chi connectivity index (χ3n) is 4.26. The second-order valence-corrected chi connectivity index (χ2v) is 6.87. The lowest BCUT2D eigenvalue weighted by Gasteiger charge is -2.37. The molecule has 1 heterocycles. The molecule has 0 amide bonds. The van der Waals surface area contributed by atoms with Crippen LogP contribution in [-0.4, -0.2) is 36.4 Å². The summed E-state index contributed by atoms with van der Waals surface area (Å²) in [5.74, 6) is 1.18. The molecule has 1 unspecified atom stereocenters. The second-order valence-electron chi connectivity index (χ2n) is 6.87. The van der Waals surface area contributed by atoms with Gasteiger partial charge in [0.2, 0.25) is 5.79 Å². The van der Waals surface area contributed by atoms with E-state index in [9.17, 15) is 14.4 Å². The highest BCUT2D eigenvalue weighted by Gasteiger charge is 2.44. The Labute approximate surface area is 160 Å². The molecule has 0 N–H and O–H groups in total. The first-order valence-corrected chi connectivity index (χ1v) is 9.03. The van der Waals surface area contributed by atoms with Gasteiger partial charge >= 0.3 is 11.9 Å². The van der Waals surface area contributed by atoms with Crippen LogP contribution in [0.15, 0.2) is 11.8 Å². The largest absolute Gasteiger partial charge is 0.468 e. The lowest BCUT2D eigenvalue weighted by atomic mass is 9.82. The normalized spacial score (nSPS) is 20.4. The number of hydrogen-bond acceptors (Lipinski definition) is 7. The van der Waals surface area contributed by atoms with Crippen LogP contribution in [0.3, 0.4) is 0 Å². The standard InChI is InChI=1S/C17H22O5.C3H6O2/c1-5-17(20-12(2)18,13-8-6-7-9-13)11-14-10-15(19)22-16(3,4)21-14;1-2-5-3-4/h1,10,13H,6-9,11H2,2-4H3;3H,2H2,1H3. The number of cyclic esters (lactones) is 1. The lowest BCUT2D eigenvalue weighted by molar-refractivity contribution is -0.208. The molecule has 0 aromatic heterocycles. The van der Waals surface area contributed by atoms with Gasteiger partial charge in [-0.15, -0.1) is 6.42 Å². The van der Waals surface area contributed by atoms with Crippen molar-refractivity contribution in [2.45, 2.75) is 71.2 Å². The Hall–Kier alpha value is -2.49. The van der Waals surface area contributed by atoms with Crippen molar-refractivity contribution < 1.29 is 33.3 Å². The van der Waals surface area contributed by atoms with Gasteiger partial charge in [-0.2, -0.15) is 0 Å². The number of rotatable bonds is 6. The zero-order chi connectivity index (χ0) is 20.5. The van der Waals surface area contributed by atoms with Crippen molar-refractivity contribution >= 4 is 18.4 Å². The molecule has 0 spiro atoms. The Kier molecular flexibility index (Phi) is 8.35. The van der Waals surface area contributed by atoms with Crippen molar-refractivity contribution in [3.63, 3.8) is 0 Å². The SMILES string of the molecule is C#CC(CC1=CC(=O)OC(C)(C)O1)(OC(C)=O)C1CCCC1.CCOC=O. The topological polar surface area (TPSA) is 88.1 Å². The minimum absolute atomic E-state index is 0.0759. The van der Waals surface area contributed by atoms with Crippen LogP contribution in [0, 0.1) is 18.3 Å². The Morgan fingerprint density at radius 3 is 2.44 bits per heavy atom. The number of hydrogen-bond donors (Lipinski definition) is 0. The highest BCUT2D eigenvalue weighted by molar-refractivity contribution is 5.83. The first-order chi connectivity index (χ1) is 12.7. The van der Waals surface area contributed by atoms with Crippen LogP contribution in [0.25, 0.3) is 0 Å². The molecular weight excluding hydrogens is 352 g/mol. The highest BCUT2D eigenvalue weighted by atomic mass is 16.7. The molecule has 1 aliphatic carbocycles. The van der Waals surface area contributed by atoms with Gasteiger partial charge in [0.05, 0.1) is 19.1 Å². The zero-order valence-corrected chi connectivity index (χ0v) is 16.4. The van der Waals surface area contributed by atoms with Crippen LogP contribution < -0.4 is 0 Å². The number of carbonyl (C=O) groups excluding carboxylic acids is 3. The summed E-state index contributed by atoms with van der Waals surface area (Å²) in [6, 6.07) is 0. The van der Waals surface area contributed by atoms with E-state index in [2.05, 4.69) is 10.7 Å². The number of ether oxygens (including phenoxy) is 4. The fourth-order valence-corrected chi connectivity index (χ4v) is 3.29. The predicted octanol–water partition coefficient (Wildman–Crippen LogP) is 2.87. The molecule has 0 aromatic carbocycles. The van der Waals surface area contributed by atoms with E-state index in [0.717, 1.165) is 25.7 Å². The van der Waals surface area contributed by atoms with Gasteiger partial charge in [-0.1, -0.05) is 18.8 Å². The molecule has 2 rings (SSSR count). The first kappa shape index (κ1) is 22.6. The van der Waals surface area contributed by atoms with E-state index in [-0.39, 0.29) is 12.3 Å². The zero-order valence-electron chi connectivity index (χ0n) is 16.4. The van der Waals surface area contributed by atoms with Gasteiger partial charge < -0.3 is 18.9 Å². The van der Waals surface area contributed by atoms with Crippen molar-refractivity contribution in [1.82, 2.24) is 0 Å². The molecule has 0 radical (unpaired) electrons. The summed E-state index contributed by atoms with van der Waals surface area (Å²) >= 11 is 0. The van der Waals surface area contributed by atoms with Crippen molar-refractivity contribution in [2.24, 2.45) is 5.92 Å². The van der Waals surface area contributed by atoms with Crippen LogP contribution in [0.1, 0.15) is 59.8 Å². The molecule has 0 aromatic rings. The maximum atomic E-state index is 11.7. The van der Waals surface area contributed by atoms with Crippen molar-refractivity contribution in [3.8, 4) is 12.3 Å². The molecule has 0 saturated heterocycles. The third kappa shape index (κ3) is 6.97. The van der Waals surface area contributed by atoms with Gasteiger partial charge in [0.1, 0.15) is 5.76 Å². The minimum atomic E-state index is -1.07. The van der Waals surface area contributed by atoms with Crippen molar-refractivity contribution in [2.75, 3.05) is 6.61 Å². The Morgan fingerprint density at radius 1 is 1.41 bits per heavy atom. The van der Waals surface area contributed by atoms with E-state index in [0.29, 0.717) is 18.8 Å². The van der Waals surface area contributed by atoms with E-state index in [4.69, 9.17) is 20.6 Å². The monoisotopic (exact) mass is 380 g/mol. The molecular formula is C20H28O7. The quantitative estimate of drug-likeness (QED) is 0.303. The molecule has 1 aliphatic heterocycles. The summed E-state index contributed by atoms with van der Waals surface area (Å²) in [5, 5.41) is 0. The molecule has 2 aliphatic rings. The summed E-state index contributed by atoms with van der Waals surface area (Å²) < 4.78 is 20.4. The van der Waals surface area contributed by atoms with E-state index in [1.807, 2.05) is 0 Å². The van der Waals surface area contributed by atoms with Gasteiger partial charge in [-0.05, 0) is 19.8 Å². The van der Waals surface area contributed by atoms with Gasteiger partial charge in [0.25, 0.3) is 6.47 Å². The maximum absolute atomic E-state index is 11.7. The predicted molar refractivity (Wildman–Crippen MR) is 96.9 cm³/mol. The van der Waals surface area contributed by atoms with E-state index < -0.39 is 23.3 Å². The Bertz CT molecular complexity index is 608. The van der Waals surface area contributed by atoms with Crippen LogP contribution in [-0.2, 0) is 33.3 Å². The van der Waals surface area contributed by atoms with Gasteiger partial charge in [-0.3, -0.25) is 9.59 Å². The fourth-order valence-electron chi connectivity index (χ4n) is 3.29. The molecule has 27 heavy (non-hydrogen) atoms. The highest BCUT2D eigenvalue weighted by Crippen LogP contribution is 2.41. The molecule has 150 valence electrons. The molecule has 7 heteroatoms. The van der Waals surface area contributed by atoms with Crippen LogP contribution in [0.4, 0.5) is 0 Å². The molecule has 1 saturated carbocycles. The van der Waals surface area contributed by atoms with E-state index >= 15 is 0 Å². The average Bonchev–Trinajstić information content (AvgIpc) is 3.08. The van der Waals surface area contributed by atoms with Crippen LogP contribution in [0.5, 0.6) is 0 Å². The molecule has 0 bridgehead atoms. The van der Waals surface area contributed by atoms with Crippen LogP contribution >= 0.6 is 0 Å². The summed E-state index contributed by atoms with van der Waals surface area (Å²) in [5.41, 5.74) is -1.07. The van der Waals surface area contributed by atoms with Gasteiger partial charge in [0.15, 0.2) is 5.60 Å². The van der Waals surface area contributed by atoms with Gasteiger partial charge in [-0.25, -0.2) is 4.79 Å². The fraction of sp³-hybridized carbons (Fsp3) is 0.650. The number of esters is 2. The van der Waals surface area contributed by atoms with Crippen molar-refractivity contribution in [1.29, 1.82) is 0 Å². The third-order valence-corrected chi connectivity index (χ3v) is 4.26. The summed E-state index contributed by atoms with van der Waals surface area (Å²) in [7, 11) is 0. The Balaban J connectivity index is 0.000000646. The number of carbonyl (C=O) groups is 3. The summed E-state index contributed by atoms with van der Waals surface area (Å²) in [4.78, 5) is 32.4. The minimum Gasteiger partial charge on any atom is -0.468 e.